The van der Waals surface area contributed by atoms with Crippen LogP contribution in [0.25, 0.3) is 0 Å². The zero-order valence-corrected chi connectivity index (χ0v) is 13.3. The van der Waals surface area contributed by atoms with Crippen LogP contribution in [-0.2, 0) is 19.6 Å². The molecule has 0 heterocycles. The molecule has 0 amide bonds. The number of benzene rings is 1. The van der Waals surface area contributed by atoms with Crippen molar-refractivity contribution in [2.75, 3.05) is 24.2 Å². The third-order valence-corrected chi connectivity index (χ3v) is 3.60. The minimum atomic E-state index is -3.50. The lowest BCUT2D eigenvalue weighted by Gasteiger charge is -2.13. The van der Waals surface area contributed by atoms with Gasteiger partial charge in [-0.15, -0.1) is 0 Å². The van der Waals surface area contributed by atoms with E-state index in [-0.39, 0.29) is 17.0 Å². The van der Waals surface area contributed by atoms with Gasteiger partial charge in [-0.3, -0.25) is 4.72 Å². The Balaban J connectivity index is 2.18. The monoisotopic (exact) mass is 343 g/mol. The predicted molar refractivity (Wildman–Crippen MR) is 81.0 cm³/mol. The summed E-state index contributed by atoms with van der Waals surface area (Å²) >= 11 is 0. The number of sulfonamides is 1. The topological polar surface area (TPSA) is 119 Å². The van der Waals surface area contributed by atoms with E-state index in [9.17, 15) is 18.0 Å². The second-order valence-electron chi connectivity index (χ2n) is 5.31. The smallest absolute Gasteiger partial charge is 0.341 e. The molecule has 1 aromatic carbocycles. The molecular formula is C14H17NO7S. The van der Waals surface area contributed by atoms with Gasteiger partial charge >= 0.3 is 11.9 Å². The largest absolute Gasteiger partial charge is 0.491 e. The first-order chi connectivity index (χ1) is 10.7. The van der Waals surface area contributed by atoms with Crippen LogP contribution in [0.1, 0.15) is 23.2 Å². The van der Waals surface area contributed by atoms with Gasteiger partial charge in [0.2, 0.25) is 10.0 Å². The molecule has 2 N–H and O–H groups in total. The number of carboxylic acids is 1. The van der Waals surface area contributed by atoms with Gasteiger partial charge in [0.05, 0.1) is 24.1 Å². The van der Waals surface area contributed by atoms with E-state index in [2.05, 4.69) is 9.46 Å². The number of nitrogens with one attached hydrogen (secondary N) is 1. The second kappa shape index (κ2) is 6.86. The van der Waals surface area contributed by atoms with Crippen LogP contribution in [0.3, 0.4) is 0 Å². The van der Waals surface area contributed by atoms with Gasteiger partial charge in [0.1, 0.15) is 5.75 Å². The molecule has 1 saturated carbocycles. The first-order valence-corrected chi connectivity index (χ1v) is 8.77. The maximum absolute atomic E-state index is 11.8. The summed E-state index contributed by atoms with van der Waals surface area (Å²) in [6, 6.07) is 4.04. The van der Waals surface area contributed by atoms with Crippen molar-refractivity contribution < 1.29 is 32.6 Å². The number of aliphatic carboxylic acids is 1. The van der Waals surface area contributed by atoms with E-state index >= 15 is 0 Å². The molecule has 0 radical (unpaired) electrons. The highest BCUT2D eigenvalue weighted by Crippen LogP contribution is 2.32. The SMILES string of the molecule is CS(=O)(=O)Nc1ccc(C(=O)OCC(=O)O)cc1OCC1CC1. The van der Waals surface area contributed by atoms with Crippen molar-refractivity contribution in [3.8, 4) is 5.75 Å². The summed E-state index contributed by atoms with van der Waals surface area (Å²) in [6.45, 7) is -0.327. The van der Waals surface area contributed by atoms with Gasteiger partial charge in [0.25, 0.3) is 0 Å². The Morgan fingerprint density at radius 2 is 2.04 bits per heavy atom. The van der Waals surface area contributed by atoms with Crippen LogP contribution in [0.2, 0.25) is 0 Å². The van der Waals surface area contributed by atoms with Crippen LogP contribution in [0.15, 0.2) is 18.2 Å². The van der Waals surface area contributed by atoms with Crippen LogP contribution in [0.5, 0.6) is 5.75 Å². The molecule has 0 unspecified atom stereocenters. The molecular weight excluding hydrogens is 326 g/mol. The molecule has 9 heteroatoms. The maximum atomic E-state index is 11.8. The van der Waals surface area contributed by atoms with Gasteiger partial charge in [-0.2, -0.15) is 0 Å². The fraction of sp³-hybridized carbons (Fsp3) is 0.429. The average molecular weight is 343 g/mol. The van der Waals surface area contributed by atoms with Crippen LogP contribution in [-0.4, -0.2) is 44.9 Å². The summed E-state index contributed by atoms with van der Waals surface area (Å²) in [4.78, 5) is 22.2. The lowest BCUT2D eigenvalue weighted by molar-refractivity contribution is -0.140. The highest BCUT2D eigenvalue weighted by molar-refractivity contribution is 7.92. The number of rotatable bonds is 8. The van der Waals surface area contributed by atoms with Crippen molar-refractivity contribution in [1.82, 2.24) is 0 Å². The zero-order valence-electron chi connectivity index (χ0n) is 12.4. The lowest BCUT2D eigenvalue weighted by atomic mass is 10.2. The molecule has 0 bridgehead atoms. The fourth-order valence-electron chi connectivity index (χ4n) is 1.76. The van der Waals surface area contributed by atoms with Crippen molar-refractivity contribution in [3.05, 3.63) is 23.8 Å². The number of carbonyl (C=O) groups excluding carboxylic acids is 1. The number of anilines is 1. The summed E-state index contributed by atoms with van der Waals surface area (Å²) in [6.07, 6.45) is 3.11. The van der Waals surface area contributed by atoms with Gasteiger partial charge in [-0.05, 0) is 37.0 Å². The van der Waals surface area contributed by atoms with Gasteiger partial charge in [-0.25, -0.2) is 18.0 Å². The lowest BCUT2D eigenvalue weighted by Crippen LogP contribution is -2.15. The molecule has 2 rings (SSSR count). The Labute approximate surface area is 133 Å². The van der Waals surface area contributed by atoms with Gasteiger partial charge in [0.15, 0.2) is 6.61 Å². The molecule has 1 aliphatic rings. The van der Waals surface area contributed by atoms with Crippen molar-refractivity contribution >= 4 is 27.6 Å². The minimum Gasteiger partial charge on any atom is -0.491 e. The molecule has 1 fully saturated rings. The third kappa shape index (κ3) is 5.78. The Morgan fingerprint density at radius 3 is 2.61 bits per heavy atom. The normalized spacial score (nSPS) is 14.1. The van der Waals surface area contributed by atoms with Crippen LogP contribution >= 0.6 is 0 Å². The number of hydrogen-bond donors (Lipinski definition) is 2. The van der Waals surface area contributed by atoms with Crippen LogP contribution < -0.4 is 9.46 Å². The molecule has 0 saturated heterocycles. The van der Waals surface area contributed by atoms with E-state index in [1.807, 2.05) is 0 Å². The summed E-state index contributed by atoms with van der Waals surface area (Å²) in [5.74, 6) is -1.45. The highest BCUT2D eigenvalue weighted by atomic mass is 32.2. The second-order valence-corrected chi connectivity index (χ2v) is 7.06. The highest BCUT2D eigenvalue weighted by Gasteiger charge is 2.23. The van der Waals surface area contributed by atoms with Crippen LogP contribution in [0, 0.1) is 5.92 Å². The zero-order chi connectivity index (χ0) is 17.0. The van der Waals surface area contributed by atoms with Gasteiger partial charge < -0.3 is 14.6 Å². The molecule has 23 heavy (non-hydrogen) atoms. The fourth-order valence-corrected chi connectivity index (χ4v) is 2.32. The summed E-state index contributed by atoms with van der Waals surface area (Å²) in [5, 5.41) is 8.51. The predicted octanol–water partition coefficient (Wildman–Crippen LogP) is 1.09. The molecule has 0 spiro atoms. The van der Waals surface area contributed by atoms with Gasteiger partial charge in [-0.1, -0.05) is 0 Å². The molecule has 126 valence electrons. The van der Waals surface area contributed by atoms with E-state index in [1.165, 1.54) is 18.2 Å². The van der Waals surface area contributed by atoms with Crippen molar-refractivity contribution in [2.45, 2.75) is 12.8 Å². The quantitative estimate of drug-likeness (QED) is 0.678. The Bertz CT molecular complexity index is 710. The first kappa shape index (κ1) is 17.1. The van der Waals surface area contributed by atoms with Crippen LogP contribution in [0.4, 0.5) is 5.69 Å². The Kier molecular flexibility index (Phi) is 5.09. The standard InChI is InChI=1S/C14H17NO7S/c1-23(19,20)15-11-5-4-10(14(18)22-8-13(16)17)6-12(11)21-7-9-2-3-9/h4-6,9,15H,2-3,7-8H2,1H3,(H,16,17). The summed E-state index contributed by atoms with van der Waals surface area (Å²) in [7, 11) is -3.50. The van der Waals surface area contributed by atoms with E-state index < -0.39 is 28.6 Å². The molecule has 0 aromatic heterocycles. The van der Waals surface area contributed by atoms with Crippen molar-refractivity contribution in [3.63, 3.8) is 0 Å². The molecule has 1 aliphatic carbocycles. The summed E-state index contributed by atoms with van der Waals surface area (Å²) in [5.41, 5.74) is 0.291. The van der Waals surface area contributed by atoms with E-state index in [4.69, 9.17) is 9.84 Å². The molecule has 0 aliphatic heterocycles. The third-order valence-electron chi connectivity index (χ3n) is 3.01. The van der Waals surface area contributed by atoms with Gasteiger partial charge in [0, 0.05) is 0 Å². The summed E-state index contributed by atoms with van der Waals surface area (Å²) < 4.78 is 35.2. The minimum absolute atomic E-state index is 0.0797. The molecule has 8 nitrogen and oxygen atoms in total. The number of ether oxygens (including phenoxy) is 2. The van der Waals surface area contributed by atoms with E-state index in [0.29, 0.717) is 12.5 Å². The average Bonchev–Trinajstić information content (AvgIpc) is 3.26. The Morgan fingerprint density at radius 1 is 1.35 bits per heavy atom. The number of hydrogen-bond acceptors (Lipinski definition) is 6. The Hall–Kier alpha value is -2.29. The van der Waals surface area contributed by atoms with Crippen molar-refractivity contribution in [2.24, 2.45) is 5.92 Å². The number of esters is 1. The number of carbonyl (C=O) groups is 2. The molecule has 1 aromatic rings. The van der Waals surface area contributed by atoms with Crippen molar-refractivity contribution in [1.29, 1.82) is 0 Å². The molecule has 0 atom stereocenters. The number of carboxylic acid groups (broad SMARTS) is 1. The maximum Gasteiger partial charge on any atom is 0.341 e. The van der Waals surface area contributed by atoms with E-state index in [1.54, 1.807) is 0 Å². The van der Waals surface area contributed by atoms with E-state index in [0.717, 1.165) is 19.1 Å². The first-order valence-electron chi connectivity index (χ1n) is 6.88.